The van der Waals surface area contributed by atoms with Crippen LogP contribution < -0.4 is 10.2 Å². The van der Waals surface area contributed by atoms with Gasteiger partial charge in [-0.05, 0) is 86.1 Å². The van der Waals surface area contributed by atoms with Crippen molar-refractivity contribution >= 4 is 41.4 Å². The molecule has 0 unspecified atom stereocenters. The molecule has 0 bridgehead atoms. The van der Waals surface area contributed by atoms with Gasteiger partial charge in [0.15, 0.2) is 5.78 Å². The molecule has 2 aliphatic rings. The Kier molecular flexibility index (Phi) is 8.09. The lowest BCUT2D eigenvalue weighted by molar-refractivity contribution is -0.117. The van der Waals surface area contributed by atoms with Gasteiger partial charge in [0, 0.05) is 23.6 Å². The van der Waals surface area contributed by atoms with Crippen LogP contribution in [-0.2, 0) is 24.1 Å². The molecule has 31 heavy (non-hydrogen) atoms. The molecule has 2 heterocycles. The maximum atomic E-state index is 13.1. The Morgan fingerprint density at radius 2 is 1.94 bits per heavy atom. The molecule has 0 radical (unpaired) electrons. The minimum atomic E-state index is -0.321. The quantitative estimate of drug-likeness (QED) is 0.423. The summed E-state index contributed by atoms with van der Waals surface area (Å²) in [5.74, 6) is -0.00914. The second kappa shape index (κ2) is 10.6. The van der Waals surface area contributed by atoms with Crippen LogP contribution in [0.2, 0.25) is 5.02 Å². The second-order valence-corrected chi connectivity index (χ2v) is 8.49. The Hall–Kier alpha value is -1.95. The Morgan fingerprint density at radius 3 is 2.74 bits per heavy atom. The van der Waals surface area contributed by atoms with Crippen LogP contribution in [0.3, 0.4) is 0 Å². The molecule has 2 aliphatic heterocycles. The van der Waals surface area contributed by atoms with Crippen LogP contribution in [-0.4, -0.2) is 31.3 Å². The summed E-state index contributed by atoms with van der Waals surface area (Å²) in [5.41, 5.74) is 4.90. The maximum absolute atomic E-state index is 13.1. The van der Waals surface area contributed by atoms with Crippen LogP contribution in [0.25, 0.3) is 0 Å². The van der Waals surface area contributed by atoms with Gasteiger partial charge in [0.2, 0.25) is 5.91 Å². The number of nitrogens with one attached hydrogen (secondary N) is 1. The van der Waals surface area contributed by atoms with Crippen LogP contribution >= 0.6 is 24.0 Å². The number of ketones is 1. The summed E-state index contributed by atoms with van der Waals surface area (Å²) in [6.45, 7) is 2.38. The van der Waals surface area contributed by atoms with E-state index in [4.69, 9.17) is 11.6 Å². The fourth-order valence-corrected chi connectivity index (χ4v) is 4.65. The molecule has 7 heteroatoms. The van der Waals surface area contributed by atoms with E-state index in [1.807, 2.05) is 17.0 Å². The number of amides is 1. The first kappa shape index (κ1) is 23.7. The highest BCUT2D eigenvalue weighted by atomic mass is 35.5. The van der Waals surface area contributed by atoms with E-state index in [1.54, 1.807) is 6.07 Å². The highest BCUT2D eigenvalue weighted by molar-refractivity contribution is 6.31. The molecule has 0 aromatic heterocycles. The third-order valence-corrected chi connectivity index (χ3v) is 6.28. The second-order valence-electron chi connectivity index (χ2n) is 8.08. The zero-order valence-electron chi connectivity index (χ0n) is 17.4. The van der Waals surface area contributed by atoms with Gasteiger partial charge in [-0.25, -0.2) is 4.39 Å². The van der Waals surface area contributed by atoms with Crippen LogP contribution in [0.4, 0.5) is 10.1 Å². The van der Waals surface area contributed by atoms with Gasteiger partial charge < -0.3 is 10.2 Å². The molecule has 0 aliphatic carbocycles. The first-order chi connectivity index (χ1) is 14.5. The number of hydrogen-bond donors (Lipinski definition) is 1. The van der Waals surface area contributed by atoms with E-state index >= 15 is 0 Å². The van der Waals surface area contributed by atoms with E-state index < -0.39 is 0 Å². The average molecular weight is 465 g/mol. The summed E-state index contributed by atoms with van der Waals surface area (Å²) >= 11 is 6.03. The number of benzene rings is 2. The van der Waals surface area contributed by atoms with Gasteiger partial charge >= 0.3 is 0 Å². The summed E-state index contributed by atoms with van der Waals surface area (Å²) in [5, 5.41) is 3.81. The maximum Gasteiger partial charge on any atom is 0.231 e. The van der Waals surface area contributed by atoms with Crippen LogP contribution in [0.15, 0.2) is 30.3 Å². The molecule has 2 aromatic rings. The molecule has 4 nitrogen and oxygen atoms in total. The zero-order valence-corrected chi connectivity index (χ0v) is 19.0. The highest BCUT2D eigenvalue weighted by Crippen LogP contribution is 2.37. The molecule has 0 atom stereocenters. The number of unbranched alkanes of at least 4 members (excludes halogenated alkanes) is 1. The number of nitrogens with zero attached hydrogens (tertiary/aromatic N) is 1. The predicted molar refractivity (Wildman–Crippen MR) is 124 cm³/mol. The molecular formula is C24H27Cl2FN2O2. The average Bonchev–Trinajstić information content (AvgIpc) is 3.05. The summed E-state index contributed by atoms with van der Waals surface area (Å²) in [6.07, 6.45) is 5.31. The highest BCUT2D eigenvalue weighted by Gasteiger charge is 2.32. The van der Waals surface area contributed by atoms with Crippen molar-refractivity contribution in [1.82, 2.24) is 5.32 Å². The summed E-state index contributed by atoms with van der Waals surface area (Å²) in [6, 6.07) is 8.40. The van der Waals surface area contributed by atoms with Crippen LogP contribution in [0.5, 0.6) is 0 Å². The third kappa shape index (κ3) is 5.46. The minimum Gasteiger partial charge on any atom is -0.316 e. The lowest BCUT2D eigenvalue weighted by atomic mass is 9.94. The number of halogens is 3. The van der Waals surface area contributed by atoms with E-state index in [9.17, 15) is 14.0 Å². The minimum absolute atomic E-state index is 0. The van der Waals surface area contributed by atoms with Crippen LogP contribution in [0, 0.1) is 5.82 Å². The van der Waals surface area contributed by atoms with Crippen molar-refractivity contribution in [3.63, 3.8) is 0 Å². The van der Waals surface area contributed by atoms with Crippen LogP contribution in [0.1, 0.15) is 52.7 Å². The molecule has 0 fully saturated rings. The topological polar surface area (TPSA) is 49.4 Å². The van der Waals surface area contributed by atoms with Crippen molar-refractivity contribution in [2.75, 3.05) is 24.5 Å². The Morgan fingerprint density at radius 1 is 1.13 bits per heavy atom. The molecule has 4 rings (SSSR count). The van der Waals surface area contributed by atoms with Gasteiger partial charge in [0.25, 0.3) is 0 Å². The number of anilines is 1. The molecule has 1 amide bonds. The number of hydrogen-bond acceptors (Lipinski definition) is 3. The number of rotatable bonds is 9. The standard InChI is InChI=1S/C24H26ClFN2O2.ClH/c25-21-15-20(26)7-6-16(21)8-10-27-9-2-1-5-22(29)18-12-17-4-3-11-28-23(30)14-19(13-18)24(17)28;/h6-7,12-13,15,27H,1-5,8-11,14H2;1H. The smallest absolute Gasteiger partial charge is 0.231 e. The molecule has 166 valence electrons. The normalized spacial score (nSPS) is 14.4. The van der Waals surface area contributed by atoms with Gasteiger partial charge in [-0.2, -0.15) is 0 Å². The summed E-state index contributed by atoms with van der Waals surface area (Å²) in [4.78, 5) is 26.7. The van der Waals surface area contributed by atoms with Gasteiger partial charge in [0.1, 0.15) is 5.82 Å². The fourth-order valence-electron chi connectivity index (χ4n) is 4.39. The van der Waals surface area contributed by atoms with Gasteiger partial charge in [-0.3, -0.25) is 9.59 Å². The van der Waals surface area contributed by atoms with Gasteiger partial charge in [0.05, 0.1) is 12.1 Å². The summed E-state index contributed by atoms with van der Waals surface area (Å²) < 4.78 is 13.1. The van der Waals surface area contributed by atoms with Crippen molar-refractivity contribution in [1.29, 1.82) is 0 Å². The lowest BCUT2D eigenvalue weighted by Gasteiger charge is -2.25. The Labute approximate surface area is 193 Å². The molecule has 1 N–H and O–H groups in total. The first-order valence-corrected chi connectivity index (χ1v) is 11.0. The van der Waals surface area contributed by atoms with Crippen molar-refractivity contribution in [3.8, 4) is 0 Å². The van der Waals surface area contributed by atoms with Crippen molar-refractivity contribution < 1.29 is 14.0 Å². The molecule has 0 saturated heterocycles. The van der Waals surface area contributed by atoms with E-state index in [0.29, 0.717) is 17.9 Å². The van der Waals surface area contributed by atoms with E-state index in [-0.39, 0.29) is 29.9 Å². The lowest BCUT2D eigenvalue weighted by Crippen LogP contribution is -2.31. The largest absolute Gasteiger partial charge is 0.316 e. The predicted octanol–water partition coefficient (Wildman–Crippen LogP) is 4.92. The zero-order chi connectivity index (χ0) is 21.1. The van der Waals surface area contributed by atoms with Gasteiger partial charge in [-0.1, -0.05) is 17.7 Å². The molecule has 0 spiro atoms. The van der Waals surface area contributed by atoms with Crippen molar-refractivity contribution in [2.45, 2.75) is 44.9 Å². The number of Topliss-reactive ketones (excluding diaryl/α,β-unsaturated/α-hetero) is 1. The SMILES string of the molecule is Cl.O=C(CCCCNCCc1ccc(F)cc1Cl)c1cc2c3c(c1)CC(=O)N3CCC2. The molecule has 2 aromatic carbocycles. The third-order valence-electron chi connectivity index (χ3n) is 5.92. The fraction of sp³-hybridized carbons (Fsp3) is 0.417. The number of carbonyl (C=O) groups excluding carboxylic acids is 2. The van der Waals surface area contributed by atoms with Gasteiger partial charge in [-0.15, -0.1) is 12.4 Å². The monoisotopic (exact) mass is 464 g/mol. The number of aryl methyl sites for hydroxylation is 1. The van der Waals surface area contributed by atoms with Crippen molar-refractivity contribution in [2.24, 2.45) is 0 Å². The molecule has 0 saturated carbocycles. The number of carbonyl (C=O) groups is 2. The van der Waals surface area contributed by atoms with Crippen molar-refractivity contribution in [3.05, 3.63) is 63.4 Å². The Bertz CT molecular complexity index is 980. The first-order valence-electron chi connectivity index (χ1n) is 10.7. The van der Waals surface area contributed by atoms with E-state index in [1.165, 1.54) is 12.1 Å². The van der Waals surface area contributed by atoms with E-state index in [2.05, 4.69) is 5.32 Å². The molecular weight excluding hydrogens is 438 g/mol. The van der Waals surface area contributed by atoms with E-state index in [0.717, 1.165) is 79.7 Å². The Balaban J connectivity index is 0.00000272. The summed E-state index contributed by atoms with van der Waals surface area (Å²) in [7, 11) is 0.